The Balaban J connectivity index is 1.39. The van der Waals surface area contributed by atoms with Crippen molar-refractivity contribution in [1.29, 1.82) is 0 Å². The molecule has 2 aromatic rings. The number of nitrogens with zero attached hydrogens (tertiary/aromatic N) is 1. The van der Waals surface area contributed by atoms with Gasteiger partial charge in [0.15, 0.2) is 0 Å². The maximum atomic E-state index is 11.9. The number of hydrogen-bond acceptors (Lipinski definition) is 3. The fourth-order valence-electron chi connectivity index (χ4n) is 2.31. The Hall–Kier alpha value is -1.81. The molecule has 0 bridgehead atoms. The molecule has 1 aliphatic carbocycles. The average Bonchev–Trinajstić information content (AvgIpc) is 3.39. The van der Waals surface area contributed by atoms with Crippen molar-refractivity contribution in [3.05, 3.63) is 59.9 Å². The molecule has 1 N–H and O–H groups in total. The number of pyridine rings is 1. The van der Waals surface area contributed by atoms with Crippen molar-refractivity contribution >= 4 is 17.7 Å². The predicted octanol–water partition coefficient (Wildman–Crippen LogP) is 3.76. The average molecular weight is 312 g/mol. The molecule has 0 spiro atoms. The summed E-state index contributed by atoms with van der Waals surface area (Å²) in [5, 5.41) is 2.98. The standard InChI is InChI=1S/C18H20N2OS/c21-18(8-9-22-17-4-2-1-3-5-17)20-12-14-10-16(13-19-11-14)15-6-7-15/h1-5,10-11,13,15H,6-9,12H2,(H,20,21). The van der Waals surface area contributed by atoms with E-state index in [1.807, 2.05) is 30.6 Å². The van der Waals surface area contributed by atoms with Gasteiger partial charge >= 0.3 is 0 Å². The highest BCUT2D eigenvalue weighted by Gasteiger charge is 2.23. The monoisotopic (exact) mass is 312 g/mol. The van der Waals surface area contributed by atoms with Crippen LogP contribution in [0, 0.1) is 0 Å². The summed E-state index contributed by atoms with van der Waals surface area (Å²) in [6.07, 6.45) is 6.86. The zero-order valence-electron chi connectivity index (χ0n) is 12.5. The van der Waals surface area contributed by atoms with Gasteiger partial charge in [-0.1, -0.05) is 24.3 Å². The van der Waals surface area contributed by atoms with Gasteiger partial charge in [0, 0.05) is 36.0 Å². The molecular weight excluding hydrogens is 292 g/mol. The molecule has 1 aromatic carbocycles. The normalized spacial score (nSPS) is 13.8. The van der Waals surface area contributed by atoms with E-state index >= 15 is 0 Å². The van der Waals surface area contributed by atoms with Crippen molar-refractivity contribution in [2.45, 2.75) is 36.6 Å². The molecule has 0 atom stereocenters. The number of aromatic nitrogens is 1. The van der Waals surface area contributed by atoms with Gasteiger partial charge in [-0.2, -0.15) is 0 Å². The minimum atomic E-state index is 0.0975. The maximum Gasteiger partial charge on any atom is 0.221 e. The Labute approximate surface area is 135 Å². The summed E-state index contributed by atoms with van der Waals surface area (Å²) in [4.78, 5) is 17.4. The summed E-state index contributed by atoms with van der Waals surface area (Å²) in [7, 11) is 0. The van der Waals surface area contributed by atoms with Gasteiger partial charge in [-0.25, -0.2) is 0 Å². The van der Waals surface area contributed by atoms with Crippen LogP contribution >= 0.6 is 11.8 Å². The molecular formula is C18H20N2OS. The Morgan fingerprint density at radius 2 is 2.05 bits per heavy atom. The molecule has 0 saturated heterocycles. The fourth-order valence-corrected chi connectivity index (χ4v) is 3.18. The van der Waals surface area contributed by atoms with Crippen LogP contribution in [0.15, 0.2) is 53.7 Å². The lowest BCUT2D eigenvalue weighted by molar-refractivity contribution is -0.120. The van der Waals surface area contributed by atoms with Crippen molar-refractivity contribution in [3.8, 4) is 0 Å². The van der Waals surface area contributed by atoms with Gasteiger partial charge in [-0.3, -0.25) is 9.78 Å². The Morgan fingerprint density at radius 1 is 1.23 bits per heavy atom. The number of hydrogen-bond donors (Lipinski definition) is 1. The molecule has 4 heteroatoms. The van der Waals surface area contributed by atoms with Crippen LogP contribution in [0.2, 0.25) is 0 Å². The summed E-state index contributed by atoms with van der Waals surface area (Å²) >= 11 is 1.71. The first kappa shape index (κ1) is 15.1. The highest BCUT2D eigenvalue weighted by atomic mass is 32.2. The summed E-state index contributed by atoms with van der Waals surface area (Å²) in [5.41, 5.74) is 2.40. The lowest BCUT2D eigenvalue weighted by Crippen LogP contribution is -2.23. The second-order valence-corrected chi connectivity index (χ2v) is 6.76. The minimum Gasteiger partial charge on any atom is -0.352 e. The summed E-state index contributed by atoms with van der Waals surface area (Å²) in [6, 6.07) is 12.3. The van der Waals surface area contributed by atoms with Crippen LogP contribution < -0.4 is 5.32 Å². The van der Waals surface area contributed by atoms with Gasteiger partial charge in [-0.15, -0.1) is 11.8 Å². The van der Waals surface area contributed by atoms with Crippen LogP contribution in [-0.2, 0) is 11.3 Å². The maximum absolute atomic E-state index is 11.9. The molecule has 0 radical (unpaired) electrons. The van der Waals surface area contributed by atoms with E-state index in [1.54, 1.807) is 11.8 Å². The van der Waals surface area contributed by atoms with E-state index < -0.39 is 0 Å². The van der Waals surface area contributed by atoms with Crippen LogP contribution in [0.4, 0.5) is 0 Å². The second kappa shape index (κ2) is 7.45. The lowest BCUT2D eigenvalue weighted by Gasteiger charge is -2.06. The lowest BCUT2D eigenvalue weighted by atomic mass is 10.1. The van der Waals surface area contributed by atoms with Crippen molar-refractivity contribution in [2.24, 2.45) is 0 Å². The smallest absolute Gasteiger partial charge is 0.221 e. The molecule has 1 heterocycles. The van der Waals surface area contributed by atoms with Gasteiger partial charge in [0.05, 0.1) is 0 Å². The van der Waals surface area contributed by atoms with Crippen LogP contribution in [-0.4, -0.2) is 16.6 Å². The molecule has 0 aliphatic heterocycles. The molecule has 0 unspecified atom stereocenters. The Morgan fingerprint density at radius 3 is 2.82 bits per heavy atom. The molecule has 22 heavy (non-hydrogen) atoms. The predicted molar refractivity (Wildman–Crippen MR) is 89.8 cm³/mol. The molecule has 114 valence electrons. The third-order valence-electron chi connectivity index (χ3n) is 3.70. The number of carbonyl (C=O) groups is 1. The highest BCUT2D eigenvalue weighted by Crippen LogP contribution is 2.39. The van der Waals surface area contributed by atoms with Gasteiger partial charge in [0.2, 0.25) is 5.91 Å². The van der Waals surface area contributed by atoms with Gasteiger partial charge in [-0.05, 0) is 42.0 Å². The molecule has 3 rings (SSSR count). The largest absolute Gasteiger partial charge is 0.352 e. The first-order valence-corrected chi connectivity index (χ1v) is 8.68. The van der Waals surface area contributed by atoms with Crippen LogP contribution in [0.5, 0.6) is 0 Å². The summed E-state index contributed by atoms with van der Waals surface area (Å²) in [5.74, 6) is 1.60. The zero-order chi connectivity index (χ0) is 15.2. The topological polar surface area (TPSA) is 42.0 Å². The van der Waals surface area contributed by atoms with Gasteiger partial charge in [0.25, 0.3) is 0 Å². The third kappa shape index (κ3) is 4.60. The van der Waals surface area contributed by atoms with Gasteiger partial charge in [0.1, 0.15) is 0 Å². The number of amides is 1. The molecule has 1 fully saturated rings. The van der Waals surface area contributed by atoms with Crippen molar-refractivity contribution < 1.29 is 4.79 Å². The Bertz CT molecular complexity index is 626. The zero-order valence-corrected chi connectivity index (χ0v) is 13.3. The minimum absolute atomic E-state index is 0.0975. The van der Waals surface area contributed by atoms with E-state index in [4.69, 9.17) is 0 Å². The fraction of sp³-hybridized carbons (Fsp3) is 0.333. The summed E-state index contributed by atoms with van der Waals surface area (Å²) in [6.45, 7) is 0.572. The van der Waals surface area contributed by atoms with E-state index in [1.165, 1.54) is 23.3 Å². The number of nitrogens with one attached hydrogen (secondary N) is 1. The molecule has 1 aromatic heterocycles. The molecule has 3 nitrogen and oxygen atoms in total. The van der Waals surface area contributed by atoms with Crippen LogP contribution in [0.3, 0.4) is 0 Å². The molecule has 1 aliphatic rings. The molecule has 1 saturated carbocycles. The number of carbonyl (C=O) groups excluding carboxylic acids is 1. The van der Waals surface area contributed by atoms with E-state index in [0.29, 0.717) is 18.9 Å². The highest BCUT2D eigenvalue weighted by molar-refractivity contribution is 7.99. The van der Waals surface area contributed by atoms with E-state index in [9.17, 15) is 4.79 Å². The van der Waals surface area contributed by atoms with Crippen LogP contribution in [0.25, 0.3) is 0 Å². The van der Waals surface area contributed by atoms with Crippen LogP contribution in [0.1, 0.15) is 36.3 Å². The quantitative estimate of drug-likeness (QED) is 0.792. The van der Waals surface area contributed by atoms with Crippen molar-refractivity contribution in [1.82, 2.24) is 10.3 Å². The van der Waals surface area contributed by atoms with E-state index in [0.717, 1.165) is 11.3 Å². The second-order valence-electron chi connectivity index (χ2n) is 5.59. The first-order valence-electron chi connectivity index (χ1n) is 7.69. The van der Waals surface area contributed by atoms with Crippen molar-refractivity contribution in [3.63, 3.8) is 0 Å². The SMILES string of the molecule is O=C(CCSc1ccccc1)NCc1cncc(C2CC2)c1. The summed E-state index contributed by atoms with van der Waals surface area (Å²) < 4.78 is 0. The van der Waals surface area contributed by atoms with Crippen molar-refractivity contribution in [2.75, 3.05) is 5.75 Å². The van der Waals surface area contributed by atoms with E-state index in [2.05, 4.69) is 28.5 Å². The Kier molecular flexibility index (Phi) is 5.11. The third-order valence-corrected chi connectivity index (χ3v) is 4.71. The van der Waals surface area contributed by atoms with E-state index in [-0.39, 0.29) is 5.91 Å². The van der Waals surface area contributed by atoms with Gasteiger partial charge < -0.3 is 5.32 Å². The first-order chi connectivity index (χ1) is 10.8. The number of rotatable bonds is 7. The number of benzene rings is 1. The molecule has 1 amide bonds. The number of thioether (sulfide) groups is 1.